The average molecular weight is 178 g/mol. The van der Waals surface area contributed by atoms with E-state index in [0.717, 1.165) is 5.82 Å². The first-order valence-corrected chi connectivity index (χ1v) is 4.63. The minimum absolute atomic E-state index is 0.544. The second-order valence-electron chi connectivity index (χ2n) is 4.13. The van der Waals surface area contributed by atoms with E-state index < -0.39 is 5.60 Å². The molecule has 0 bridgehead atoms. The molecule has 1 fully saturated rings. The molecule has 0 saturated heterocycles. The molecule has 0 radical (unpaired) electrons. The topological polar surface area (TPSA) is 46.0 Å². The van der Waals surface area contributed by atoms with Crippen molar-refractivity contribution in [2.24, 2.45) is 0 Å². The van der Waals surface area contributed by atoms with Crippen LogP contribution < -0.4 is 0 Å². The second-order valence-corrected chi connectivity index (χ2v) is 4.13. The van der Waals surface area contributed by atoms with Crippen molar-refractivity contribution in [2.45, 2.75) is 38.2 Å². The average Bonchev–Trinajstić information content (AvgIpc) is 2.85. The van der Waals surface area contributed by atoms with Crippen LogP contribution in [0.4, 0.5) is 0 Å². The molecule has 70 valence electrons. The predicted molar refractivity (Wildman–Crippen MR) is 49.3 cm³/mol. The number of nitrogens with zero attached hydrogens (tertiary/aromatic N) is 2. The molecular weight excluding hydrogens is 164 g/mol. The summed E-state index contributed by atoms with van der Waals surface area (Å²) >= 11 is 0. The van der Waals surface area contributed by atoms with Crippen molar-refractivity contribution in [3.05, 3.63) is 23.8 Å². The lowest BCUT2D eigenvalue weighted by Gasteiger charge is -2.16. The van der Waals surface area contributed by atoms with Crippen LogP contribution in [0.2, 0.25) is 0 Å². The van der Waals surface area contributed by atoms with Gasteiger partial charge in [-0.15, -0.1) is 0 Å². The third-order valence-corrected chi connectivity index (χ3v) is 2.24. The van der Waals surface area contributed by atoms with Gasteiger partial charge in [0.15, 0.2) is 0 Å². The first-order chi connectivity index (χ1) is 6.07. The summed E-state index contributed by atoms with van der Waals surface area (Å²) in [6.45, 7) is 3.48. The van der Waals surface area contributed by atoms with Crippen LogP contribution >= 0.6 is 0 Å². The van der Waals surface area contributed by atoms with Gasteiger partial charge in [-0.1, -0.05) is 0 Å². The Morgan fingerprint density at radius 2 is 2.15 bits per heavy atom. The molecule has 3 nitrogen and oxygen atoms in total. The summed E-state index contributed by atoms with van der Waals surface area (Å²) in [5.41, 5.74) is -0.142. The van der Waals surface area contributed by atoms with Crippen molar-refractivity contribution in [2.75, 3.05) is 0 Å². The standard InChI is InChI=1S/C10H14N2O/c1-10(2,13)8-5-6-11-9(12-8)7-3-4-7/h5-7,13H,3-4H2,1-2H3. The van der Waals surface area contributed by atoms with Gasteiger partial charge in [-0.25, -0.2) is 9.97 Å². The molecule has 3 heteroatoms. The third-order valence-electron chi connectivity index (χ3n) is 2.24. The maximum Gasteiger partial charge on any atom is 0.131 e. The summed E-state index contributed by atoms with van der Waals surface area (Å²) in [6, 6.07) is 1.77. The van der Waals surface area contributed by atoms with E-state index in [1.807, 2.05) is 0 Å². The van der Waals surface area contributed by atoms with E-state index in [-0.39, 0.29) is 0 Å². The van der Waals surface area contributed by atoms with E-state index in [1.165, 1.54) is 12.8 Å². The summed E-state index contributed by atoms with van der Waals surface area (Å²) in [4.78, 5) is 8.54. The number of hydrogen-bond donors (Lipinski definition) is 1. The molecule has 1 aliphatic carbocycles. The van der Waals surface area contributed by atoms with Gasteiger partial charge in [0.25, 0.3) is 0 Å². The fourth-order valence-corrected chi connectivity index (χ4v) is 1.25. The summed E-state index contributed by atoms with van der Waals surface area (Å²) in [7, 11) is 0. The minimum Gasteiger partial charge on any atom is -0.384 e. The minimum atomic E-state index is -0.855. The number of aliphatic hydroxyl groups is 1. The van der Waals surface area contributed by atoms with Gasteiger partial charge in [0.05, 0.1) is 5.69 Å². The zero-order valence-corrected chi connectivity index (χ0v) is 7.99. The summed E-state index contributed by atoms with van der Waals surface area (Å²) in [5, 5.41) is 9.73. The van der Waals surface area contributed by atoms with Gasteiger partial charge < -0.3 is 5.11 Å². The quantitative estimate of drug-likeness (QED) is 0.747. The van der Waals surface area contributed by atoms with Gasteiger partial charge in [-0.3, -0.25) is 0 Å². The second kappa shape index (κ2) is 2.77. The lowest BCUT2D eigenvalue weighted by atomic mass is 10.1. The SMILES string of the molecule is CC(C)(O)c1ccnc(C2CC2)n1. The van der Waals surface area contributed by atoms with Crippen LogP contribution in [-0.2, 0) is 5.60 Å². The lowest BCUT2D eigenvalue weighted by Crippen LogP contribution is -2.18. The van der Waals surface area contributed by atoms with Crippen LogP contribution in [0, 0.1) is 0 Å². The van der Waals surface area contributed by atoms with E-state index in [1.54, 1.807) is 26.1 Å². The molecule has 1 aromatic heterocycles. The number of aromatic nitrogens is 2. The van der Waals surface area contributed by atoms with Gasteiger partial charge in [0.2, 0.25) is 0 Å². The lowest BCUT2D eigenvalue weighted by molar-refractivity contribution is 0.0734. The van der Waals surface area contributed by atoms with Crippen molar-refractivity contribution in [3.63, 3.8) is 0 Å². The highest BCUT2D eigenvalue weighted by atomic mass is 16.3. The Hall–Kier alpha value is -0.960. The largest absolute Gasteiger partial charge is 0.384 e. The fraction of sp³-hybridized carbons (Fsp3) is 0.600. The number of rotatable bonds is 2. The van der Waals surface area contributed by atoms with Crippen LogP contribution in [0.3, 0.4) is 0 Å². The molecule has 0 aromatic carbocycles. The Balaban J connectivity index is 2.32. The Morgan fingerprint density at radius 3 is 2.69 bits per heavy atom. The van der Waals surface area contributed by atoms with Crippen LogP contribution in [0.5, 0.6) is 0 Å². The van der Waals surface area contributed by atoms with Crippen molar-refractivity contribution >= 4 is 0 Å². The molecule has 2 rings (SSSR count). The molecule has 0 spiro atoms. The van der Waals surface area contributed by atoms with Gasteiger partial charge in [0, 0.05) is 12.1 Å². The molecule has 1 N–H and O–H groups in total. The smallest absolute Gasteiger partial charge is 0.131 e. The maximum absolute atomic E-state index is 9.73. The van der Waals surface area contributed by atoms with Crippen LogP contribution in [-0.4, -0.2) is 15.1 Å². The van der Waals surface area contributed by atoms with E-state index in [0.29, 0.717) is 11.6 Å². The van der Waals surface area contributed by atoms with Crippen LogP contribution in [0.1, 0.15) is 44.1 Å². The third kappa shape index (κ3) is 1.86. The maximum atomic E-state index is 9.73. The highest BCUT2D eigenvalue weighted by Crippen LogP contribution is 2.38. The Labute approximate surface area is 77.8 Å². The van der Waals surface area contributed by atoms with Crippen LogP contribution in [0.25, 0.3) is 0 Å². The van der Waals surface area contributed by atoms with Crippen molar-refractivity contribution in [1.29, 1.82) is 0 Å². The normalized spacial score (nSPS) is 17.5. The highest BCUT2D eigenvalue weighted by molar-refractivity contribution is 5.13. The van der Waals surface area contributed by atoms with Crippen molar-refractivity contribution in [3.8, 4) is 0 Å². The molecular formula is C10H14N2O. The summed E-state index contributed by atoms with van der Waals surface area (Å²) in [6.07, 6.45) is 4.11. The molecule has 0 aliphatic heterocycles. The van der Waals surface area contributed by atoms with Gasteiger partial charge >= 0.3 is 0 Å². The van der Waals surface area contributed by atoms with E-state index >= 15 is 0 Å². The Bertz CT molecular complexity index is 313. The van der Waals surface area contributed by atoms with Crippen molar-refractivity contribution in [1.82, 2.24) is 9.97 Å². The molecule has 13 heavy (non-hydrogen) atoms. The Kier molecular flexibility index (Phi) is 1.84. The highest BCUT2D eigenvalue weighted by Gasteiger charge is 2.28. The molecule has 1 heterocycles. The fourth-order valence-electron chi connectivity index (χ4n) is 1.25. The van der Waals surface area contributed by atoms with Gasteiger partial charge in [-0.2, -0.15) is 0 Å². The van der Waals surface area contributed by atoms with Gasteiger partial charge in [-0.05, 0) is 32.8 Å². The predicted octanol–water partition coefficient (Wildman–Crippen LogP) is 1.58. The molecule has 0 unspecified atom stereocenters. The van der Waals surface area contributed by atoms with E-state index in [4.69, 9.17) is 0 Å². The Morgan fingerprint density at radius 1 is 1.46 bits per heavy atom. The van der Waals surface area contributed by atoms with E-state index in [9.17, 15) is 5.11 Å². The molecule has 1 saturated carbocycles. The molecule has 0 amide bonds. The van der Waals surface area contributed by atoms with Crippen LogP contribution in [0.15, 0.2) is 12.3 Å². The zero-order valence-electron chi connectivity index (χ0n) is 7.99. The monoisotopic (exact) mass is 178 g/mol. The number of hydrogen-bond acceptors (Lipinski definition) is 3. The summed E-state index contributed by atoms with van der Waals surface area (Å²) in [5.74, 6) is 1.43. The summed E-state index contributed by atoms with van der Waals surface area (Å²) < 4.78 is 0. The first kappa shape index (κ1) is 8.63. The molecule has 0 atom stereocenters. The molecule has 1 aliphatic rings. The first-order valence-electron chi connectivity index (χ1n) is 4.63. The zero-order chi connectivity index (χ0) is 9.47. The van der Waals surface area contributed by atoms with Crippen molar-refractivity contribution < 1.29 is 5.11 Å². The van der Waals surface area contributed by atoms with E-state index in [2.05, 4.69) is 9.97 Å². The molecule has 1 aromatic rings. The van der Waals surface area contributed by atoms with Gasteiger partial charge in [0.1, 0.15) is 11.4 Å².